The Labute approximate surface area is 130 Å². The minimum atomic E-state index is 0.968. The van der Waals surface area contributed by atoms with Gasteiger partial charge in [0.25, 0.3) is 0 Å². The van der Waals surface area contributed by atoms with Crippen molar-refractivity contribution in [1.29, 1.82) is 0 Å². The molecule has 0 heterocycles. The van der Waals surface area contributed by atoms with Crippen LogP contribution in [0, 0.1) is 0 Å². The summed E-state index contributed by atoms with van der Waals surface area (Å²) in [5.74, 6) is 0. The van der Waals surface area contributed by atoms with Crippen LogP contribution in [0.4, 0.5) is 0 Å². The molecule has 0 amide bonds. The van der Waals surface area contributed by atoms with Gasteiger partial charge in [-0.25, -0.2) is 0 Å². The average molecular weight is 292 g/mol. The summed E-state index contributed by atoms with van der Waals surface area (Å²) in [6, 6.07) is 0. The molecule has 0 fully saturated rings. The van der Waals surface area contributed by atoms with Crippen molar-refractivity contribution in [2.45, 2.75) is 86.5 Å². The highest BCUT2D eigenvalue weighted by Gasteiger charge is 1.96. The van der Waals surface area contributed by atoms with E-state index in [4.69, 9.17) is 0 Å². The largest absolute Gasteiger partial charge is 0.161 e. The molecule has 0 aromatic carbocycles. The van der Waals surface area contributed by atoms with Gasteiger partial charge < -0.3 is 0 Å². The molecular weight excluding hydrogens is 260 g/mol. The van der Waals surface area contributed by atoms with E-state index in [1.54, 1.807) is 0 Å². The van der Waals surface area contributed by atoms with Crippen molar-refractivity contribution in [3.8, 4) is 0 Å². The SMILES string of the molecule is CC/C(C)=N/N=C(\C)CCCCC/C(C)=N/N=C(\C)CC. The van der Waals surface area contributed by atoms with Gasteiger partial charge in [0.2, 0.25) is 0 Å². The van der Waals surface area contributed by atoms with E-state index in [1.807, 2.05) is 13.8 Å². The Balaban J connectivity index is 3.87. The van der Waals surface area contributed by atoms with E-state index in [9.17, 15) is 0 Å². The van der Waals surface area contributed by atoms with E-state index in [1.165, 1.54) is 19.3 Å². The number of hydrogen-bond donors (Lipinski definition) is 0. The fourth-order valence-electron chi connectivity index (χ4n) is 1.52. The first-order valence-corrected chi connectivity index (χ1v) is 8.12. The van der Waals surface area contributed by atoms with Gasteiger partial charge in [0.1, 0.15) is 0 Å². The molecule has 0 aromatic heterocycles. The van der Waals surface area contributed by atoms with Crippen molar-refractivity contribution < 1.29 is 0 Å². The molecule has 0 aromatic rings. The molecular formula is C17H32N4. The first kappa shape index (κ1) is 19.7. The number of hydrogen-bond acceptors (Lipinski definition) is 4. The van der Waals surface area contributed by atoms with Crippen molar-refractivity contribution >= 4 is 22.8 Å². The summed E-state index contributed by atoms with van der Waals surface area (Å²) in [6.07, 6.45) is 7.53. The molecule has 0 bridgehead atoms. The lowest BCUT2D eigenvalue weighted by Gasteiger charge is -2.01. The third kappa shape index (κ3) is 12.2. The molecule has 0 saturated heterocycles. The van der Waals surface area contributed by atoms with Gasteiger partial charge >= 0.3 is 0 Å². The van der Waals surface area contributed by atoms with Gasteiger partial charge in [-0.3, -0.25) is 0 Å². The Kier molecular flexibility index (Phi) is 11.6. The third-order valence-corrected chi connectivity index (χ3v) is 3.38. The second-order valence-corrected chi connectivity index (χ2v) is 5.61. The predicted molar refractivity (Wildman–Crippen MR) is 96.1 cm³/mol. The normalized spacial score (nSPS) is 14.8. The van der Waals surface area contributed by atoms with Crippen LogP contribution in [0.5, 0.6) is 0 Å². The van der Waals surface area contributed by atoms with E-state index in [2.05, 4.69) is 48.1 Å². The fraction of sp³-hybridized carbons (Fsp3) is 0.765. The highest BCUT2D eigenvalue weighted by molar-refractivity contribution is 5.86. The Bertz CT molecular complexity index is 365. The molecule has 21 heavy (non-hydrogen) atoms. The summed E-state index contributed by atoms with van der Waals surface area (Å²) in [5.41, 5.74) is 4.42. The van der Waals surface area contributed by atoms with Gasteiger partial charge in [0.15, 0.2) is 0 Å². The summed E-state index contributed by atoms with van der Waals surface area (Å²) in [5, 5.41) is 16.9. The first-order chi connectivity index (χ1) is 9.99. The molecule has 120 valence electrons. The van der Waals surface area contributed by atoms with Gasteiger partial charge in [-0.2, -0.15) is 20.4 Å². The van der Waals surface area contributed by atoms with Crippen LogP contribution in [0.1, 0.15) is 86.5 Å². The van der Waals surface area contributed by atoms with Crippen LogP contribution in [0.3, 0.4) is 0 Å². The standard InChI is InChI=1S/C17H32N4/c1-7-14(3)18-20-16(5)12-10-9-11-13-17(6)21-19-15(4)8-2/h7-13H2,1-6H3/b18-14+,19-15+,20-16+,21-17+. The van der Waals surface area contributed by atoms with Crippen LogP contribution in [0.25, 0.3) is 0 Å². The summed E-state index contributed by atoms with van der Waals surface area (Å²) in [4.78, 5) is 0. The van der Waals surface area contributed by atoms with E-state index in [0.717, 1.165) is 48.5 Å². The van der Waals surface area contributed by atoms with E-state index in [0.29, 0.717) is 0 Å². The second kappa shape index (κ2) is 12.4. The average Bonchev–Trinajstić information content (AvgIpc) is 2.49. The van der Waals surface area contributed by atoms with Crippen LogP contribution in [-0.2, 0) is 0 Å². The van der Waals surface area contributed by atoms with Gasteiger partial charge in [0, 0.05) is 22.8 Å². The van der Waals surface area contributed by atoms with Crippen molar-refractivity contribution in [2.24, 2.45) is 20.4 Å². The third-order valence-electron chi connectivity index (χ3n) is 3.38. The second-order valence-electron chi connectivity index (χ2n) is 5.61. The highest BCUT2D eigenvalue weighted by atomic mass is 15.2. The maximum atomic E-state index is 4.25. The molecule has 0 spiro atoms. The minimum absolute atomic E-state index is 0.968. The molecule has 0 aliphatic heterocycles. The maximum Gasteiger partial charge on any atom is 0.0375 e. The molecule has 4 heteroatoms. The molecule has 0 unspecified atom stereocenters. The van der Waals surface area contributed by atoms with Gasteiger partial charge in [-0.05, 0) is 66.2 Å². The number of unbranched alkanes of at least 4 members (excludes halogenated alkanes) is 2. The van der Waals surface area contributed by atoms with Crippen LogP contribution in [0.15, 0.2) is 20.4 Å². The smallest absolute Gasteiger partial charge is 0.0375 e. The van der Waals surface area contributed by atoms with Crippen LogP contribution >= 0.6 is 0 Å². The van der Waals surface area contributed by atoms with Crippen LogP contribution in [-0.4, -0.2) is 22.8 Å². The molecule has 0 aliphatic carbocycles. The zero-order chi connectivity index (χ0) is 16.1. The highest BCUT2D eigenvalue weighted by Crippen LogP contribution is 2.06. The Hall–Kier alpha value is -1.32. The van der Waals surface area contributed by atoms with E-state index < -0.39 is 0 Å². The molecule has 0 N–H and O–H groups in total. The molecule has 0 radical (unpaired) electrons. The zero-order valence-corrected chi connectivity index (χ0v) is 14.7. The molecule has 0 atom stereocenters. The van der Waals surface area contributed by atoms with Crippen molar-refractivity contribution in [3.63, 3.8) is 0 Å². The lowest BCUT2D eigenvalue weighted by molar-refractivity contribution is 0.713. The zero-order valence-electron chi connectivity index (χ0n) is 14.7. The van der Waals surface area contributed by atoms with Crippen molar-refractivity contribution in [3.05, 3.63) is 0 Å². The van der Waals surface area contributed by atoms with Crippen molar-refractivity contribution in [1.82, 2.24) is 0 Å². The topological polar surface area (TPSA) is 49.4 Å². The fourth-order valence-corrected chi connectivity index (χ4v) is 1.52. The van der Waals surface area contributed by atoms with Gasteiger partial charge in [-0.1, -0.05) is 20.3 Å². The lowest BCUT2D eigenvalue weighted by Crippen LogP contribution is -1.95. The van der Waals surface area contributed by atoms with Gasteiger partial charge in [-0.15, -0.1) is 0 Å². The van der Waals surface area contributed by atoms with Crippen molar-refractivity contribution in [2.75, 3.05) is 0 Å². The predicted octanol–water partition coefficient (Wildman–Crippen LogP) is 5.43. The van der Waals surface area contributed by atoms with Crippen LogP contribution in [0.2, 0.25) is 0 Å². The molecule has 4 nitrogen and oxygen atoms in total. The van der Waals surface area contributed by atoms with E-state index >= 15 is 0 Å². The van der Waals surface area contributed by atoms with Crippen LogP contribution < -0.4 is 0 Å². The summed E-state index contributed by atoms with van der Waals surface area (Å²) in [6.45, 7) is 12.3. The Morgan fingerprint density at radius 2 is 0.857 bits per heavy atom. The monoisotopic (exact) mass is 292 g/mol. The lowest BCUT2D eigenvalue weighted by atomic mass is 10.1. The Morgan fingerprint density at radius 3 is 1.19 bits per heavy atom. The number of nitrogens with zero attached hydrogens (tertiary/aromatic N) is 4. The summed E-state index contributed by atoms with van der Waals surface area (Å²) in [7, 11) is 0. The summed E-state index contributed by atoms with van der Waals surface area (Å²) < 4.78 is 0. The van der Waals surface area contributed by atoms with Gasteiger partial charge in [0.05, 0.1) is 0 Å². The quantitative estimate of drug-likeness (QED) is 0.293. The Morgan fingerprint density at radius 1 is 0.524 bits per heavy atom. The van der Waals surface area contributed by atoms with E-state index in [-0.39, 0.29) is 0 Å². The molecule has 0 aliphatic rings. The minimum Gasteiger partial charge on any atom is -0.161 e. The molecule has 0 saturated carbocycles. The first-order valence-electron chi connectivity index (χ1n) is 8.12. The summed E-state index contributed by atoms with van der Waals surface area (Å²) >= 11 is 0. The maximum absolute atomic E-state index is 4.25. The number of rotatable bonds is 10. The molecule has 0 rings (SSSR count).